The first-order chi connectivity index (χ1) is 10.4. The molecule has 3 aliphatic carbocycles. The van der Waals surface area contributed by atoms with E-state index in [2.05, 4.69) is 26.0 Å². The first-order valence-corrected chi connectivity index (χ1v) is 8.57. The highest BCUT2D eigenvalue weighted by molar-refractivity contribution is 5.92. The van der Waals surface area contributed by atoms with E-state index in [-0.39, 0.29) is 22.8 Å². The van der Waals surface area contributed by atoms with Gasteiger partial charge in [-0.15, -0.1) is 0 Å². The quantitative estimate of drug-likeness (QED) is 0.642. The summed E-state index contributed by atoms with van der Waals surface area (Å²) in [6.45, 7) is 4.46. The van der Waals surface area contributed by atoms with Gasteiger partial charge in [-0.1, -0.05) is 19.1 Å². The Hall–Kier alpha value is -1.38. The first-order valence-electron chi connectivity index (χ1n) is 8.57. The highest BCUT2D eigenvalue weighted by Crippen LogP contribution is 2.59. The summed E-state index contributed by atoms with van der Waals surface area (Å²) in [7, 11) is 0. The van der Waals surface area contributed by atoms with Gasteiger partial charge in [0.15, 0.2) is 5.78 Å². The average Bonchev–Trinajstić information content (AvgIpc) is 2.46. The van der Waals surface area contributed by atoms with Crippen molar-refractivity contribution in [1.82, 2.24) is 0 Å². The van der Waals surface area contributed by atoms with Crippen molar-refractivity contribution in [2.24, 2.45) is 23.2 Å². The monoisotopic (exact) mass is 300 g/mol. The molecule has 0 bridgehead atoms. The number of allylic oxidation sites excluding steroid dienone is 4. The van der Waals surface area contributed by atoms with E-state index in [9.17, 15) is 9.59 Å². The van der Waals surface area contributed by atoms with Crippen molar-refractivity contribution < 1.29 is 14.3 Å². The van der Waals surface area contributed by atoms with Crippen LogP contribution >= 0.6 is 0 Å². The zero-order valence-electron chi connectivity index (χ0n) is 13.4. The summed E-state index contributed by atoms with van der Waals surface area (Å²) in [6, 6.07) is 0. The van der Waals surface area contributed by atoms with E-state index in [0.29, 0.717) is 30.6 Å². The lowest BCUT2D eigenvalue weighted by Gasteiger charge is -2.57. The maximum atomic E-state index is 11.8. The summed E-state index contributed by atoms with van der Waals surface area (Å²) in [6.07, 6.45) is 11.5. The number of hydrogen-bond acceptors (Lipinski definition) is 3. The molecule has 0 aromatic carbocycles. The molecule has 0 aromatic rings. The number of carbonyl (C=O) groups is 2. The maximum absolute atomic E-state index is 11.8. The van der Waals surface area contributed by atoms with Gasteiger partial charge in [0.25, 0.3) is 0 Å². The largest absolute Gasteiger partial charge is 0.459 e. The third-order valence-electron chi connectivity index (χ3n) is 6.85. The van der Waals surface area contributed by atoms with Gasteiger partial charge in [-0.25, -0.2) is 0 Å². The molecule has 22 heavy (non-hydrogen) atoms. The molecule has 118 valence electrons. The fourth-order valence-electron chi connectivity index (χ4n) is 5.52. The molecule has 2 fully saturated rings. The molecule has 0 unspecified atom stereocenters. The minimum atomic E-state index is -0.289. The van der Waals surface area contributed by atoms with E-state index in [0.717, 1.165) is 25.7 Å². The highest BCUT2D eigenvalue weighted by Gasteiger charge is 2.56. The van der Waals surface area contributed by atoms with Gasteiger partial charge >= 0.3 is 5.97 Å². The third-order valence-corrected chi connectivity index (χ3v) is 6.85. The van der Waals surface area contributed by atoms with Gasteiger partial charge in [0.1, 0.15) is 5.60 Å². The molecule has 0 N–H and O–H groups in total. The van der Waals surface area contributed by atoms with Crippen LogP contribution in [-0.4, -0.2) is 17.4 Å². The van der Waals surface area contributed by atoms with E-state index in [4.69, 9.17) is 4.74 Å². The van der Waals surface area contributed by atoms with Crippen LogP contribution in [0.25, 0.3) is 0 Å². The fraction of sp³-hybridized carbons (Fsp3) is 0.684. The maximum Gasteiger partial charge on any atom is 0.306 e. The molecule has 1 heterocycles. The Kier molecular flexibility index (Phi) is 2.95. The normalized spacial score (nSPS) is 47.0. The standard InChI is InChI=1S/C19H24O3/c1-18-9-7-13(20)11-12(18)3-4-14-15(18)8-10-19(2)16(14)5-6-17(21)22-19/h3-4,11,14-16H,5-10H2,1-2H3/t14-,15+,16+,18+,19+/m1/s1. The number of esters is 1. The Bertz CT molecular complexity index is 602. The summed E-state index contributed by atoms with van der Waals surface area (Å²) in [4.78, 5) is 23.5. The van der Waals surface area contributed by atoms with Crippen molar-refractivity contribution in [2.75, 3.05) is 0 Å². The molecule has 0 spiro atoms. The molecular formula is C19H24O3. The van der Waals surface area contributed by atoms with Crippen molar-refractivity contribution >= 4 is 11.8 Å². The molecule has 0 aromatic heterocycles. The smallest absolute Gasteiger partial charge is 0.306 e. The van der Waals surface area contributed by atoms with Crippen molar-refractivity contribution in [1.29, 1.82) is 0 Å². The Morgan fingerprint density at radius 2 is 1.91 bits per heavy atom. The van der Waals surface area contributed by atoms with Gasteiger partial charge in [0.05, 0.1) is 0 Å². The van der Waals surface area contributed by atoms with Crippen LogP contribution < -0.4 is 0 Å². The Balaban J connectivity index is 1.73. The predicted octanol–water partition coefficient (Wildman–Crippen LogP) is 3.59. The summed E-state index contributed by atoms with van der Waals surface area (Å²) < 4.78 is 5.77. The molecule has 1 aliphatic heterocycles. The van der Waals surface area contributed by atoms with Crippen molar-refractivity contribution in [3.05, 3.63) is 23.8 Å². The van der Waals surface area contributed by atoms with Crippen LogP contribution in [0, 0.1) is 23.2 Å². The summed E-state index contributed by atoms with van der Waals surface area (Å²) in [5, 5.41) is 0. The molecule has 5 atom stereocenters. The van der Waals surface area contributed by atoms with Crippen LogP contribution in [0.2, 0.25) is 0 Å². The van der Waals surface area contributed by atoms with Gasteiger partial charge in [-0.2, -0.15) is 0 Å². The minimum absolute atomic E-state index is 0.0351. The lowest BCUT2D eigenvalue weighted by molar-refractivity contribution is -0.188. The van der Waals surface area contributed by atoms with E-state index in [1.807, 2.05) is 6.08 Å². The van der Waals surface area contributed by atoms with Gasteiger partial charge in [0.2, 0.25) is 0 Å². The lowest BCUT2D eigenvalue weighted by Crippen LogP contribution is -2.55. The zero-order valence-corrected chi connectivity index (χ0v) is 13.4. The summed E-state index contributed by atoms with van der Waals surface area (Å²) in [5.74, 6) is 1.71. The Morgan fingerprint density at radius 1 is 1.09 bits per heavy atom. The minimum Gasteiger partial charge on any atom is -0.459 e. The predicted molar refractivity (Wildman–Crippen MR) is 83.0 cm³/mol. The van der Waals surface area contributed by atoms with Crippen molar-refractivity contribution in [3.8, 4) is 0 Å². The molecular weight excluding hydrogens is 276 g/mol. The number of ketones is 1. The number of rotatable bonds is 0. The topological polar surface area (TPSA) is 43.4 Å². The Morgan fingerprint density at radius 3 is 2.73 bits per heavy atom. The van der Waals surface area contributed by atoms with Crippen molar-refractivity contribution in [3.63, 3.8) is 0 Å². The zero-order chi connectivity index (χ0) is 15.5. The van der Waals surface area contributed by atoms with Crippen LogP contribution in [-0.2, 0) is 14.3 Å². The van der Waals surface area contributed by atoms with Gasteiger partial charge in [0, 0.05) is 18.8 Å². The van der Waals surface area contributed by atoms with E-state index in [1.54, 1.807) is 0 Å². The molecule has 4 rings (SSSR count). The molecule has 0 amide bonds. The molecule has 4 aliphatic rings. The van der Waals surface area contributed by atoms with Crippen LogP contribution in [0.4, 0.5) is 0 Å². The summed E-state index contributed by atoms with van der Waals surface area (Å²) >= 11 is 0. The number of ether oxygens (including phenoxy) is 1. The average molecular weight is 300 g/mol. The van der Waals surface area contributed by atoms with Crippen LogP contribution in [0.5, 0.6) is 0 Å². The van der Waals surface area contributed by atoms with Gasteiger partial charge in [-0.3, -0.25) is 9.59 Å². The van der Waals surface area contributed by atoms with Crippen molar-refractivity contribution in [2.45, 2.75) is 58.0 Å². The van der Waals surface area contributed by atoms with E-state index < -0.39 is 0 Å². The number of carbonyl (C=O) groups excluding carboxylic acids is 2. The van der Waals surface area contributed by atoms with Crippen LogP contribution in [0.1, 0.15) is 52.4 Å². The molecule has 1 saturated heterocycles. The van der Waals surface area contributed by atoms with E-state index in [1.165, 1.54) is 5.57 Å². The molecule has 3 nitrogen and oxygen atoms in total. The third kappa shape index (κ3) is 1.87. The highest BCUT2D eigenvalue weighted by atomic mass is 16.6. The SMILES string of the molecule is C[C@]12CCC(=O)C=C1C=C[C@@H]1[C@@H]2CC[C@]2(C)OC(=O)CC[C@@H]12. The first kappa shape index (κ1) is 14.2. The second kappa shape index (κ2) is 4.56. The summed E-state index contributed by atoms with van der Waals surface area (Å²) in [5.41, 5.74) is 1.06. The molecule has 3 heteroatoms. The molecule has 1 saturated carbocycles. The van der Waals surface area contributed by atoms with E-state index >= 15 is 0 Å². The van der Waals surface area contributed by atoms with Crippen LogP contribution in [0.15, 0.2) is 23.8 Å². The van der Waals surface area contributed by atoms with Gasteiger partial charge < -0.3 is 4.74 Å². The Labute approximate surface area is 131 Å². The van der Waals surface area contributed by atoms with Gasteiger partial charge in [-0.05, 0) is 61.5 Å². The lowest BCUT2D eigenvalue weighted by atomic mass is 9.50. The second-order valence-corrected chi connectivity index (χ2v) is 8.00. The number of fused-ring (bicyclic) bond motifs is 5. The fourth-order valence-corrected chi connectivity index (χ4v) is 5.52. The molecule has 0 radical (unpaired) electrons. The number of hydrogen-bond donors (Lipinski definition) is 0. The van der Waals surface area contributed by atoms with Crippen LogP contribution in [0.3, 0.4) is 0 Å². The second-order valence-electron chi connectivity index (χ2n) is 8.00.